The van der Waals surface area contributed by atoms with Gasteiger partial charge in [-0.3, -0.25) is 4.79 Å². The zero-order valence-electron chi connectivity index (χ0n) is 9.86. The average molecular weight is 283 g/mol. The monoisotopic (exact) mass is 282 g/mol. The summed E-state index contributed by atoms with van der Waals surface area (Å²) in [6.45, 7) is 1.80. The number of amides is 1. The van der Waals surface area contributed by atoms with E-state index in [1.165, 1.54) is 18.4 Å². The standard InChI is InChI=1S/C12H11ClN2O2S/c1-7-11(18-6-14-7)12(16)15-8-3-4-9(13)10(5-8)17-2/h3-6H,1-2H3,(H,15,16). The first-order chi connectivity index (χ1) is 8.61. The molecule has 1 aromatic heterocycles. The van der Waals surface area contributed by atoms with Crippen LogP contribution in [0.5, 0.6) is 5.75 Å². The van der Waals surface area contributed by atoms with Crippen LogP contribution in [0.1, 0.15) is 15.4 Å². The summed E-state index contributed by atoms with van der Waals surface area (Å²) < 4.78 is 5.09. The molecule has 0 saturated heterocycles. The number of hydrogen-bond donors (Lipinski definition) is 1. The Kier molecular flexibility index (Phi) is 3.84. The van der Waals surface area contributed by atoms with Gasteiger partial charge in [0.05, 0.1) is 23.3 Å². The van der Waals surface area contributed by atoms with Gasteiger partial charge in [0.25, 0.3) is 5.91 Å². The van der Waals surface area contributed by atoms with E-state index < -0.39 is 0 Å². The number of nitrogens with one attached hydrogen (secondary N) is 1. The van der Waals surface area contributed by atoms with E-state index in [9.17, 15) is 4.79 Å². The summed E-state index contributed by atoms with van der Waals surface area (Å²) in [6.07, 6.45) is 0. The fraction of sp³-hybridized carbons (Fsp3) is 0.167. The highest BCUT2D eigenvalue weighted by Gasteiger charge is 2.12. The number of halogens is 1. The number of anilines is 1. The summed E-state index contributed by atoms with van der Waals surface area (Å²) in [6, 6.07) is 5.07. The van der Waals surface area contributed by atoms with Gasteiger partial charge in [-0.2, -0.15) is 0 Å². The summed E-state index contributed by atoms with van der Waals surface area (Å²) in [5.41, 5.74) is 3.00. The molecule has 0 radical (unpaired) electrons. The number of rotatable bonds is 3. The SMILES string of the molecule is COc1cc(NC(=O)c2scnc2C)ccc1Cl. The Bertz CT molecular complexity index is 583. The second-order valence-corrected chi connectivity index (χ2v) is 4.83. The molecule has 0 unspecified atom stereocenters. The highest BCUT2D eigenvalue weighted by Crippen LogP contribution is 2.27. The van der Waals surface area contributed by atoms with Crippen molar-refractivity contribution in [1.82, 2.24) is 4.98 Å². The lowest BCUT2D eigenvalue weighted by Crippen LogP contribution is -2.11. The topological polar surface area (TPSA) is 51.2 Å². The van der Waals surface area contributed by atoms with E-state index in [2.05, 4.69) is 10.3 Å². The molecule has 1 aromatic carbocycles. The molecule has 94 valence electrons. The zero-order valence-corrected chi connectivity index (χ0v) is 11.4. The van der Waals surface area contributed by atoms with E-state index in [0.29, 0.717) is 21.3 Å². The van der Waals surface area contributed by atoms with Gasteiger partial charge in [0.1, 0.15) is 10.6 Å². The number of benzene rings is 1. The van der Waals surface area contributed by atoms with Crippen LogP contribution in [0.15, 0.2) is 23.7 Å². The van der Waals surface area contributed by atoms with Crippen molar-refractivity contribution in [2.75, 3.05) is 12.4 Å². The van der Waals surface area contributed by atoms with Gasteiger partial charge in [-0.1, -0.05) is 11.6 Å². The van der Waals surface area contributed by atoms with Gasteiger partial charge in [-0.05, 0) is 19.1 Å². The van der Waals surface area contributed by atoms with Gasteiger partial charge in [-0.15, -0.1) is 11.3 Å². The molecule has 18 heavy (non-hydrogen) atoms. The van der Waals surface area contributed by atoms with E-state index in [1.54, 1.807) is 30.6 Å². The van der Waals surface area contributed by atoms with Crippen LogP contribution in [-0.4, -0.2) is 18.0 Å². The Balaban J connectivity index is 2.20. The van der Waals surface area contributed by atoms with Crippen LogP contribution in [0, 0.1) is 6.92 Å². The van der Waals surface area contributed by atoms with Gasteiger partial charge in [-0.25, -0.2) is 4.98 Å². The van der Waals surface area contributed by atoms with Crippen molar-refractivity contribution in [3.05, 3.63) is 39.3 Å². The van der Waals surface area contributed by atoms with Crippen LogP contribution in [0.2, 0.25) is 5.02 Å². The largest absolute Gasteiger partial charge is 0.495 e. The van der Waals surface area contributed by atoms with Crippen LogP contribution >= 0.6 is 22.9 Å². The van der Waals surface area contributed by atoms with E-state index in [1.807, 2.05) is 0 Å². The lowest BCUT2D eigenvalue weighted by molar-refractivity contribution is 0.103. The van der Waals surface area contributed by atoms with Gasteiger partial charge in [0, 0.05) is 11.8 Å². The number of nitrogens with zero attached hydrogens (tertiary/aromatic N) is 1. The molecule has 0 saturated carbocycles. The second-order valence-electron chi connectivity index (χ2n) is 3.57. The normalized spacial score (nSPS) is 10.2. The first-order valence-corrected chi connectivity index (χ1v) is 6.42. The number of methoxy groups -OCH3 is 1. The van der Waals surface area contributed by atoms with Crippen LogP contribution in [0.3, 0.4) is 0 Å². The van der Waals surface area contributed by atoms with Crippen LogP contribution in [0.4, 0.5) is 5.69 Å². The third kappa shape index (κ3) is 2.63. The molecule has 4 nitrogen and oxygen atoms in total. The maximum absolute atomic E-state index is 12.0. The third-order valence-corrected chi connectivity index (χ3v) is 3.60. The van der Waals surface area contributed by atoms with E-state index in [0.717, 1.165) is 5.69 Å². The van der Waals surface area contributed by atoms with Crippen molar-refractivity contribution in [1.29, 1.82) is 0 Å². The van der Waals surface area contributed by atoms with E-state index in [-0.39, 0.29) is 5.91 Å². The maximum Gasteiger partial charge on any atom is 0.267 e. The third-order valence-electron chi connectivity index (χ3n) is 2.36. The van der Waals surface area contributed by atoms with E-state index in [4.69, 9.17) is 16.3 Å². The Labute approximate surface area is 114 Å². The summed E-state index contributed by atoms with van der Waals surface area (Å²) in [5, 5.41) is 3.28. The van der Waals surface area contributed by atoms with Crippen molar-refractivity contribution < 1.29 is 9.53 Å². The first kappa shape index (κ1) is 12.9. The Morgan fingerprint density at radius 1 is 1.50 bits per heavy atom. The molecular formula is C12H11ClN2O2S. The molecule has 0 spiro atoms. The Hall–Kier alpha value is -1.59. The van der Waals surface area contributed by atoms with Gasteiger partial charge in [0.2, 0.25) is 0 Å². The summed E-state index contributed by atoms with van der Waals surface area (Å²) in [5.74, 6) is 0.342. The predicted molar refractivity (Wildman–Crippen MR) is 72.8 cm³/mol. The summed E-state index contributed by atoms with van der Waals surface area (Å²) >= 11 is 7.22. The molecule has 1 amide bonds. The van der Waals surface area contributed by atoms with Crippen LogP contribution < -0.4 is 10.1 Å². The lowest BCUT2D eigenvalue weighted by atomic mass is 10.3. The zero-order chi connectivity index (χ0) is 13.1. The number of carbonyl (C=O) groups excluding carboxylic acids is 1. The van der Waals surface area contributed by atoms with Gasteiger partial charge in [0.15, 0.2) is 0 Å². The minimum absolute atomic E-state index is 0.181. The highest BCUT2D eigenvalue weighted by molar-refractivity contribution is 7.12. The minimum Gasteiger partial charge on any atom is -0.495 e. The van der Waals surface area contributed by atoms with Crippen molar-refractivity contribution in [2.24, 2.45) is 0 Å². The average Bonchev–Trinajstić information content (AvgIpc) is 2.78. The Morgan fingerprint density at radius 2 is 2.28 bits per heavy atom. The number of ether oxygens (including phenoxy) is 1. The molecule has 0 fully saturated rings. The van der Waals surface area contributed by atoms with Gasteiger partial charge < -0.3 is 10.1 Å². The number of carbonyl (C=O) groups is 1. The second kappa shape index (κ2) is 5.37. The van der Waals surface area contributed by atoms with Crippen molar-refractivity contribution >= 4 is 34.5 Å². The molecule has 0 aliphatic heterocycles. The highest BCUT2D eigenvalue weighted by atomic mass is 35.5. The first-order valence-electron chi connectivity index (χ1n) is 5.17. The fourth-order valence-corrected chi connectivity index (χ4v) is 2.34. The van der Waals surface area contributed by atoms with Crippen molar-refractivity contribution in [2.45, 2.75) is 6.92 Å². The van der Waals surface area contributed by atoms with Crippen molar-refractivity contribution in [3.8, 4) is 5.75 Å². The molecule has 6 heteroatoms. The predicted octanol–water partition coefficient (Wildman–Crippen LogP) is 3.37. The number of aryl methyl sites for hydroxylation is 1. The molecule has 0 atom stereocenters. The molecule has 1 heterocycles. The molecule has 0 aliphatic carbocycles. The van der Waals surface area contributed by atoms with Crippen LogP contribution in [-0.2, 0) is 0 Å². The van der Waals surface area contributed by atoms with E-state index >= 15 is 0 Å². The van der Waals surface area contributed by atoms with Gasteiger partial charge >= 0.3 is 0 Å². The molecule has 2 rings (SSSR count). The fourth-order valence-electron chi connectivity index (χ4n) is 1.45. The lowest BCUT2D eigenvalue weighted by Gasteiger charge is -2.07. The minimum atomic E-state index is -0.181. The molecule has 0 bridgehead atoms. The summed E-state index contributed by atoms with van der Waals surface area (Å²) in [7, 11) is 1.53. The maximum atomic E-state index is 12.0. The number of aromatic nitrogens is 1. The molecular weight excluding hydrogens is 272 g/mol. The quantitative estimate of drug-likeness (QED) is 0.939. The van der Waals surface area contributed by atoms with Crippen LogP contribution in [0.25, 0.3) is 0 Å². The Morgan fingerprint density at radius 3 is 2.89 bits per heavy atom. The number of hydrogen-bond acceptors (Lipinski definition) is 4. The number of thiazole rings is 1. The molecule has 1 N–H and O–H groups in total. The smallest absolute Gasteiger partial charge is 0.267 e. The van der Waals surface area contributed by atoms with Crippen molar-refractivity contribution in [3.63, 3.8) is 0 Å². The summed E-state index contributed by atoms with van der Waals surface area (Å²) in [4.78, 5) is 16.6. The molecule has 0 aliphatic rings. The molecule has 2 aromatic rings.